The van der Waals surface area contributed by atoms with Crippen LogP contribution in [0, 0.1) is 6.92 Å². The maximum atomic E-state index is 4.63. The maximum Gasteiger partial charge on any atom is 0.245 e. The van der Waals surface area contributed by atoms with Crippen LogP contribution in [0.3, 0.4) is 0 Å². The molecule has 1 saturated heterocycles. The van der Waals surface area contributed by atoms with E-state index in [9.17, 15) is 0 Å². The number of aromatic amines is 1. The molecular weight excluding hydrogens is 250 g/mol. The number of piperazine rings is 1. The fourth-order valence-electron chi connectivity index (χ4n) is 2.73. The molecule has 0 bridgehead atoms. The molecule has 0 aliphatic carbocycles. The Balaban J connectivity index is 1.81. The molecule has 1 aliphatic heterocycles. The molecule has 2 unspecified atom stereocenters. The van der Waals surface area contributed by atoms with E-state index in [-0.39, 0.29) is 0 Å². The summed E-state index contributed by atoms with van der Waals surface area (Å²) in [6.45, 7) is 8.34. The number of nitrogens with one attached hydrogen (secondary N) is 2. The summed E-state index contributed by atoms with van der Waals surface area (Å²) in [6, 6.07) is 9.24. The van der Waals surface area contributed by atoms with Gasteiger partial charge in [0.2, 0.25) is 5.95 Å². The highest BCUT2D eigenvalue weighted by atomic mass is 15.4. The number of anilines is 1. The second kappa shape index (κ2) is 5.25. The Bertz CT molecular complexity index is 564. The van der Waals surface area contributed by atoms with Crippen molar-refractivity contribution in [3.05, 3.63) is 29.8 Å². The Morgan fingerprint density at radius 3 is 2.40 bits per heavy atom. The zero-order chi connectivity index (χ0) is 14.1. The van der Waals surface area contributed by atoms with Crippen molar-refractivity contribution in [2.75, 3.05) is 18.0 Å². The Kier molecular flexibility index (Phi) is 3.44. The van der Waals surface area contributed by atoms with Crippen LogP contribution in [-0.2, 0) is 0 Å². The van der Waals surface area contributed by atoms with E-state index in [4.69, 9.17) is 0 Å². The Labute approximate surface area is 119 Å². The number of benzene rings is 1. The molecular formula is C15H21N5. The van der Waals surface area contributed by atoms with Crippen LogP contribution in [0.15, 0.2) is 24.3 Å². The largest absolute Gasteiger partial charge is 0.336 e. The van der Waals surface area contributed by atoms with Gasteiger partial charge in [-0.3, -0.25) is 5.10 Å². The molecule has 2 heterocycles. The van der Waals surface area contributed by atoms with E-state index < -0.39 is 0 Å². The molecule has 3 rings (SSSR count). The summed E-state index contributed by atoms with van der Waals surface area (Å²) in [7, 11) is 0. The summed E-state index contributed by atoms with van der Waals surface area (Å²) < 4.78 is 0. The number of nitrogens with zero attached hydrogens (tertiary/aromatic N) is 3. The first-order valence-electron chi connectivity index (χ1n) is 7.12. The summed E-state index contributed by atoms with van der Waals surface area (Å²) in [5, 5.41) is 10.9. The smallest absolute Gasteiger partial charge is 0.245 e. The van der Waals surface area contributed by atoms with Crippen molar-refractivity contribution in [1.82, 2.24) is 20.5 Å². The van der Waals surface area contributed by atoms with Crippen LogP contribution < -0.4 is 10.2 Å². The third kappa shape index (κ3) is 2.67. The number of aryl methyl sites for hydroxylation is 1. The lowest BCUT2D eigenvalue weighted by Gasteiger charge is -2.35. The zero-order valence-corrected chi connectivity index (χ0v) is 12.2. The monoisotopic (exact) mass is 271 g/mol. The van der Waals surface area contributed by atoms with E-state index in [2.05, 4.69) is 70.4 Å². The van der Waals surface area contributed by atoms with Crippen LogP contribution in [0.1, 0.15) is 19.4 Å². The quantitative estimate of drug-likeness (QED) is 0.877. The topological polar surface area (TPSA) is 56.8 Å². The Morgan fingerprint density at radius 2 is 1.75 bits per heavy atom. The molecule has 2 N–H and O–H groups in total. The summed E-state index contributed by atoms with van der Waals surface area (Å²) in [5.74, 6) is 1.62. The predicted molar refractivity (Wildman–Crippen MR) is 80.8 cm³/mol. The molecule has 2 atom stereocenters. The van der Waals surface area contributed by atoms with Gasteiger partial charge in [-0.2, -0.15) is 4.98 Å². The zero-order valence-electron chi connectivity index (χ0n) is 12.2. The van der Waals surface area contributed by atoms with Gasteiger partial charge in [0.05, 0.1) is 0 Å². The van der Waals surface area contributed by atoms with Crippen molar-refractivity contribution >= 4 is 5.95 Å². The van der Waals surface area contributed by atoms with Crippen LogP contribution in [0.2, 0.25) is 0 Å². The average molecular weight is 271 g/mol. The average Bonchev–Trinajstić information content (AvgIpc) is 2.88. The number of aromatic nitrogens is 3. The molecule has 0 radical (unpaired) electrons. The molecule has 0 spiro atoms. The number of H-pyrrole nitrogens is 1. The third-order valence-electron chi connectivity index (χ3n) is 3.64. The molecule has 5 heteroatoms. The van der Waals surface area contributed by atoms with E-state index in [1.165, 1.54) is 5.56 Å². The minimum Gasteiger partial charge on any atom is -0.336 e. The normalized spacial score (nSPS) is 23.1. The van der Waals surface area contributed by atoms with Crippen molar-refractivity contribution in [3.63, 3.8) is 0 Å². The van der Waals surface area contributed by atoms with E-state index in [0.29, 0.717) is 12.1 Å². The molecule has 1 fully saturated rings. The summed E-state index contributed by atoms with van der Waals surface area (Å²) in [5.41, 5.74) is 2.32. The van der Waals surface area contributed by atoms with Gasteiger partial charge >= 0.3 is 0 Å². The lowest BCUT2D eigenvalue weighted by atomic mass is 10.1. The van der Waals surface area contributed by atoms with E-state index >= 15 is 0 Å². The standard InChI is InChI=1S/C15H21N5/c1-10-4-6-13(7-5-10)14-17-15(19-18-14)20-8-11(2)16-12(3)9-20/h4-7,11-12,16H,8-9H2,1-3H3,(H,17,18,19). The second-order valence-electron chi connectivity index (χ2n) is 5.72. The van der Waals surface area contributed by atoms with Gasteiger partial charge in [-0.1, -0.05) is 29.8 Å². The van der Waals surface area contributed by atoms with Gasteiger partial charge in [-0.25, -0.2) is 0 Å². The maximum absolute atomic E-state index is 4.63. The van der Waals surface area contributed by atoms with Crippen LogP contribution >= 0.6 is 0 Å². The molecule has 5 nitrogen and oxygen atoms in total. The van der Waals surface area contributed by atoms with Crippen molar-refractivity contribution in [2.45, 2.75) is 32.9 Å². The number of hydrogen-bond acceptors (Lipinski definition) is 4. The highest BCUT2D eigenvalue weighted by Gasteiger charge is 2.23. The fraction of sp³-hybridized carbons (Fsp3) is 0.467. The highest BCUT2D eigenvalue weighted by Crippen LogP contribution is 2.19. The summed E-state index contributed by atoms with van der Waals surface area (Å²) in [6.07, 6.45) is 0. The first-order valence-corrected chi connectivity index (χ1v) is 7.12. The van der Waals surface area contributed by atoms with E-state index in [0.717, 1.165) is 30.4 Å². The number of hydrogen-bond donors (Lipinski definition) is 2. The number of rotatable bonds is 2. The van der Waals surface area contributed by atoms with E-state index in [1.807, 2.05) is 0 Å². The highest BCUT2D eigenvalue weighted by molar-refractivity contribution is 5.56. The van der Waals surface area contributed by atoms with E-state index in [1.54, 1.807) is 0 Å². The van der Waals surface area contributed by atoms with Gasteiger partial charge in [-0.05, 0) is 20.8 Å². The molecule has 0 saturated carbocycles. The van der Waals surface area contributed by atoms with Crippen LogP contribution in [-0.4, -0.2) is 40.4 Å². The molecule has 2 aromatic rings. The molecule has 106 valence electrons. The first kappa shape index (κ1) is 13.1. The SMILES string of the molecule is Cc1ccc(-c2nc(N3CC(C)NC(C)C3)n[nH]2)cc1. The molecule has 0 amide bonds. The van der Waals surface area contributed by atoms with Gasteiger partial charge in [0.25, 0.3) is 0 Å². The van der Waals surface area contributed by atoms with Crippen LogP contribution in [0.4, 0.5) is 5.95 Å². The fourth-order valence-corrected chi connectivity index (χ4v) is 2.73. The first-order chi connectivity index (χ1) is 9.61. The molecule has 1 aromatic carbocycles. The summed E-state index contributed by atoms with van der Waals surface area (Å²) >= 11 is 0. The van der Waals surface area contributed by atoms with Crippen molar-refractivity contribution < 1.29 is 0 Å². The van der Waals surface area contributed by atoms with Gasteiger partial charge < -0.3 is 10.2 Å². The van der Waals surface area contributed by atoms with Gasteiger partial charge in [0.1, 0.15) is 0 Å². The lowest BCUT2D eigenvalue weighted by Crippen LogP contribution is -2.54. The van der Waals surface area contributed by atoms with Crippen molar-refractivity contribution in [2.24, 2.45) is 0 Å². The van der Waals surface area contributed by atoms with Crippen molar-refractivity contribution in [1.29, 1.82) is 0 Å². The lowest BCUT2D eigenvalue weighted by molar-refractivity contribution is 0.403. The second-order valence-corrected chi connectivity index (χ2v) is 5.72. The third-order valence-corrected chi connectivity index (χ3v) is 3.64. The molecule has 1 aliphatic rings. The van der Waals surface area contributed by atoms with Gasteiger partial charge in [0, 0.05) is 30.7 Å². The van der Waals surface area contributed by atoms with Crippen LogP contribution in [0.25, 0.3) is 11.4 Å². The Hall–Kier alpha value is -1.88. The van der Waals surface area contributed by atoms with Gasteiger partial charge in [-0.15, -0.1) is 5.10 Å². The molecule has 20 heavy (non-hydrogen) atoms. The molecule has 1 aromatic heterocycles. The minimum atomic E-state index is 0.458. The summed E-state index contributed by atoms with van der Waals surface area (Å²) in [4.78, 5) is 6.87. The van der Waals surface area contributed by atoms with Crippen molar-refractivity contribution in [3.8, 4) is 11.4 Å². The predicted octanol–water partition coefficient (Wildman–Crippen LogP) is 1.97. The Morgan fingerprint density at radius 1 is 1.10 bits per heavy atom. The van der Waals surface area contributed by atoms with Gasteiger partial charge in [0.15, 0.2) is 5.82 Å². The minimum absolute atomic E-state index is 0.458. The van der Waals surface area contributed by atoms with Crippen LogP contribution in [0.5, 0.6) is 0 Å².